The highest BCUT2D eigenvalue weighted by Gasteiger charge is 2.49. The number of aliphatic hydroxyl groups excluding tert-OH is 2. The average Bonchev–Trinajstić information content (AvgIpc) is 1.69. The first kappa shape index (κ1) is 75.0. The minimum Gasteiger partial charge on any atom is -0.394 e. The third-order valence-electron chi connectivity index (χ3n) is 16.7. The number of hydroxylamine groups is 1. The lowest BCUT2D eigenvalue weighted by atomic mass is 9.78. The SMILES string of the molecule is Nc1nc2c(ncn2[C@H]2C[C@H](OP(=O)(O)OC[C@H]3O[C@@H](n4cnc5c(=O)[nH]c(N)nc54)C[C@@H]3OP(=O)(O)OC[C@H]3O[C@@H](n4cnc5c(=O)[nH]c(N)nc54)C[C@@H]3OP(=O)(O)OCC(O)CO)[C@@H](COP(=O)(O)OCCCCCCONC(c3ccccc3)(c3ccccc3)c3ccccc3)O2)c(=O)[nH]1. The molecule has 12 rings (SSSR count). The summed E-state index contributed by atoms with van der Waals surface area (Å²) in [7, 11) is -20.9. The van der Waals surface area contributed by atoms with Gasteiger partial charge in [-0.1, -0.05) is 104 Å². The van der Waals surface area contributed by atoms with Crippen LogP contribution in [-0.2, 0) is 79.0 Å². The molecule has 9 aromatic rings. The maximum atomic E-state index is 14.3. The number of anilines is 3. The Morgan fingerprint density at radius 3 is 1.20 bits per heavy atom. The molecule has 16 N–H and O–H groups in total. The topological polar surface area (TPSA) is 581 Å². The number of nitrogens with zero attached hydrogens (tertiary/aromatic N) is 9. The van der Waals surface area contributed by atoms with E-state index in [4.69, 9.17) is 72.4 Å². The van der Waals surface area contributed by atoms with Crippen LogP contribution in [0.1, 0.15) is 80.3 Å². The van der Waals surface area contributed by atoms with Crippen molar-refractivity contribution in [2.75, 3.05) is 63.4 Å². The van der Waals surface area contributed by atoms with Gasteiger partial charge in [0.15, 0.2) is 33.5 Å². The number of ether oxygens (including phenoxy) is 3. The Balaban J connectivity index is 0.702. The van der Waals surface area contributed by atoms with Crippen molar-refractivity contribution in [2.24, 2.45) is 0 Å². The third-order valence-corrected chi connectivity index (χ3v) is 20.7. The summed E-state index contributed by atoms with van der Waals surface area (Å²) < 4.78 is 120. The summed E-state index contributed by atoms with van der Waals surface area (Å²) in [5.74, 6) is -0.948. The number of imidazole rings is 3. The lowest BCUT2D eigenvalue weighted by Gasteiger charge is -2.36. The molecular formula is C58H72N16O25P4. The van der Waals surface area contributed by atoms with Crippen LogP contribution in [0.15, 0.2) is 124 Å². The van der Waals surface area contributed by atoms with Crippen molar-refractivity contribution in [2.45, 2.75) is 112 Å². The van der Waals surface area contributed by atoms with Crippen molar-refractivity contribution >= 4 is 82.6 Å². The van der Waals surface area contributed by atoms with E-state index in [1.807, 2.05) is 91.0 Å². The number of nitrogen functional groups attached to an aromatic ring is 3. The van der Waals surface area contributed by atoms with Crippen LogP contribution in [0, 0.1) is 0 Å². The van der Waals surface area contributed by atoms with E-state index in [0.29, 0.717) is 32.3 Å². The molecule has 9 heterocycles. The summed E-state index contributed by atoms with van der Waals surface area (Å²) in [5, 5.41) is 19.1. The molecule has 3 fully saturated rings. The smallest absolute Gasteiger partial charge is 0.394 e. The van der Waals surface area contributed by atoms with Crippen molar-refractivity contribution in [3.63, 3.8) is 0 Å². The summed E-state index contributed by atoms with van der Waals surface area (Å²) in [6.07, 6.45) is -10.6. The van der Waals surface area contributed by atoms with Gasteiger partial charge in [0.1, 0.15) is 67.0 Å². The van der Waals surface area contributed by atoms with Crippen molar-refractivity contribution in [1.29, 1.82) is 0 Å². The number of nitrogens with two attached hydrogens (primary N) is 3. The van der Waals surface area contributed by atoms with Crippen LogP contribution in [0.4, 0.5) is 17.8 Å². The Hall–Kier alpha value is -7.73. The molecule has 6 aromatic heterocycles. The third kappa shape index (κ3) is 17.8. The van der Waals surface area contributed by atoms with E-state index in [9.17, 15) is 62.4 Å². The molecule has 45 heteroatoms. The van der Waals surface area contributed by atoms with Gasteiger partial charge in [-0.25, -0.2) is 33.2 Å². The summed E-state index contributed by atoms with van der Waals surface area (Å²) >= 11 is 0. The predicted molar refractivity (Wildman–Crippen MR) is 357 cm³/mol. The van der Waals surface area contributed by atoms with Crippen LogP contribution >= 0.6 is 31.3 Å². The second kappa shape index (κ2) is 31.9. The van der Waals surface area contributed by atoms with Gasteiger partial charge in [-0.05, 0) is 29.5 Å². The Bertz CT molecular complexity index is 4710. The van der Waals surface area contributed by atoms with Gasteiger partial charge in [-0.15, -0.1) is 0 Å². The van der Waals surface area contributed by atoms with Gasteiger partial charge in [0.2, 0.25) is 17.8 Å². The fourth-order valence-electron chi connectivity index (χ4n) is 11.9. The molecular weight excluding hydrogens is 1440 g/mol. The van der Waals surface area contributed by atoms with E-state index in [1.54, 1.807) is 0 Å². The number of nitrogens with one attached hydrogen (secondary N) is 4. The zero-order valence-corrected chi connectivity index (χ0v) is 57.6. The molecule has 5 unspecified atom stereocenters. The van der Waals surface area contributed by atoms with Crippen LogP contribution in [0.2, 0.25) is 0 Å². The number of hydrogen-bond acceptors (Lipinski definition) is 31. The fourth-order valence-corrected chi connectivity index (χ4v) is 15.6. The number of rotatable bonds is 35. The second-order valence-corrected chi connectivity index (χ2v) is 29.5. The van der Waals surface area contributed by atoms with E-state index in [-0.39, 0.29) is 70.8 Å². The van der Waals surface area contributed by atoms with E-state index in [1.165, 1.54) is 20.0 Å². The largest absolute Gasteiger partial charge is 0.472 e. The number of phosphoric acid groups is 4. The van der Waals surface area contributed by atoms with Gasteiger partial charge in [0, 0.05) is 19.3 Å². The quantitative estimate of drug-likeness (QED) is 0.0117. The van der Waals surface area contributed by atoms with Crippen LogP contribution in [0.3, 0.4) is 0 Å². The summed E-state index contributed by atoms with van der Waals surface area (Å²) in [6, 6.07) is 29.7. The number of hydrogen-bond donors (Lipinski definition) is 13. The number of phosphoric ester groups is 4. The summed E-state index contributed by atoms with van der Waals surface area (Å²) in [6.45, 7) is -4.44. The van der Waals surface area contributed by atoms with Gasteiger partial charge in [0.05, 0.1) is 65.2 Å². The first-order chi connectivity index (χ1) is 49.3. The van der Waals surface area contributed by atoms with Crippen molar-refractivity contribution in [3.8, 4) is 0 Å². The molecule has 0 bridgehead atoms. The molecule has 0 aliphatic carbocycles. The lowest BCUT2D eigenvalue weighted by Crippen LogP contribution is -2.44. The van der Waals surface area contributed by atoms with E-state index in [2.05, 4.69) is 50.3 Å². The highest BCUT2D eigenvalue weighted by atomic mass is 31.2. The van der Waals surface area contributed by atoms with Gasteiger partial charge in [-0.2, -0.15) is 20.4 Å². The molecule has 554 valence electrons. The van der Waals surface area contributed by atoms with Crippen LogP contribution in [-0.4, -0.2) is 177 Å². The molecule has 3 aliphatic rings. The molecule has 0 spiro atoms. The molecule has 0 radical (unpaired) electrons. The maximum Gasteiger partial charge on any atom is 0.472 e. The molecule has 41 nitrogen and oxygen atoms in total. The molecule has 0 saturated carbocycles. The second-order valence-electron chi connectivity index (χ2n) is 23.8. The molecule has 0 amide bonds. The monoisotopic (exact) mass is 1520 g/mol. The Morgan fingerprint density at radius 2 is 0.845 bits per heavy atom. The van der Waals surface area contributed by atoms with Crippen LogP contribution < -0.4 is 39.4 Å². The minimum absolute atomic E-state index is 0.0814. The van der Waals surface area contributed by atoms with E-state index in [0.717, 1.165) is 29.3 Å². The maximum absolute atomic E-state index is 14.3. The number of benzene rings is 3. The first-order valence-electron chi connectivity index (χ1n) is 31.8. The zero-order chi connectivity index (χ0) is 72.8. The van der Waals surface area contributed by atoms with E-state index < -0.39 is 154 Å². The minimum atomic E-state index is -5.46. The number of fused-ring (bicyclic) bond motifs is 3. The van der Waals surface area contributed by atoms with Crippen molar-refractivity contribution in [1.82, 2.24) is 64.0 Å². The van der Waals surface area contributed by atoms with Crippen LogP contribution in [0.25, 0.3) is 33.5 Å². The van der Waals surface area contributed by atoms with Gasteiger partial charge < -0.3 is 66.0 Å². The van der Waals surface area contributed by atoms with E-state index >= 15 is 0 Å². The lowest BCUT2D eigenvalue weighted by molar-refractivity contribution is -0.0602. The average molecular weight is 1520 g/mol. The van der Waals surface area contributed by atoms with Gasteiger partial charge in [-0.3, -0.25) is 79.2 Å². The Morgan fingerprint density at radius 1 is 0.505 bits per heavy atom. The molecule has 103 heavy (non-hydrogen) atoms. The standard InChI is InChI=1S/C58H72N16O25P4/c59-55-65-49-46(52(77)68-55)62-30-72(49)43-22-37(40(94-43)27-91-100(80,81)89-21-13-2-1-12-20-88-71-58(33-14-6-3-7-15-33,34-16-8-4-9-17-34)35-18-10-5-11-19-35)98-102(84,85)93-29-42-39(24-45(96-42)74-32-64-48-51(74)67-57(61)70-54(48)79)99-103(86,87)92-28-41-38(97-101(82,83)90-26-36(76)25-75)23-44(95-41)73-31-63-47-50(73)66-56(60)69-53(47)78/h3-11,14-19,30-32,36-45,71,75-76H,1-2,12-13,20-29H2,(H,80,81)(H,82,83)(H,84,85)(H,86,87)(H3,59,65,68,77)(H3,60,66,69,78)(H3,61,67,70,79)/t36?,37-,38-,39-,40+,41+,42+,43+,44+,45+/m0/s1. The number of H-pyrrole nitrogens is 3. The summed E-state index contributed by atoms with van der Waals surface area (Å²) in [5.41, 5.74) is 19.8. The normalized spacial score (nSPS) is 23.6. The van der Waals surface area contributed by atoms with Crippen molar-refractivity contribution in [3.05, 3.63) is 158 Å². The Labute approximate surface area is 580 Å². The molecule has 3 aromatic carbocycles. The summed E-state index contributed by atoms with van der Waals surface area (Å²) in [4.78, 5) is 121. The van der Waals surface area contributed by atoms with Gasteiger partial charge >= 0.3 is 31.3 Å². The first-order valence-corrected chi connectivity index (χ1v) is 37.8. The molecule has 3 saturated heterocycles. The number of unbranched alkanes of at least 4 members (excludes halogenated alkanes) is 3. The fraction of sp³-hybridized carbons (Fsp3) is 0.431. The number of aromatic amines is 3. The Kier molecular flexibility index (Phi) is 23.2. The zero-order valence-electron chi connectivity index (χ0n) is 54.1. The molecule has 3 aliphatic heterocycles. The van der Waals surface area contributed by atoms with Crippen molar-refractivity contribution < 1.29 is 103 Å². The number of aromatic nitrogens is 12. The number of aliphatic hydroxyl groups is 2. The molecule has 14 atom stereocenters. The highest BCUT2D eigenvalue weighted by molar-refractivity contribution is 7.48. The predicted octanol–water partition coefficient (Wildman–Crippen LogP) is 3.06. The van der Waals surface area contributed by atoms with Gasteiger partial charge in [0.25, 0.3) is 16.7 Å². The highest BCUT2D eigenvalue weighted by Crippen LogP contribution is 2.54. The van der Waals surface area contributed by atoms with Crippen LogP contribution in [0.5, 0.6) is 0 Å².